The number of piperidine rings is 1. The number of benzene rings is 1. The molecule has 2 atom stereocenters. The fraction of sp³-hybridized carbons (Fsp3) is 0.571. The van der Waals surface area contributed by atoms with Crippen molar-refractivity contribution in [2.75, 3.05) is 20.2 Å². The number of hydrogen-bond donors (Lipinski definition) is 0. The van der Waals surface area contributed by atoms with Crippen LogP contribution >= 0.6 is 23.2 Å². The number of ether oxygens (including phenoxy) is 1. The molecule has 4 nitrogen and oxygen atoms in total. The first-order chi connectivity index (χ1) is 9.77. The summed E-state index contributed by atoms with van der Waals surface area (Å²) in [5.74, 6) is 0.768. The monoisotopic (exact) mass is 351 g/mol. The van der Waals surface area contributed by atoms with E-state index < -0.39 is 10.0 Å². The molecule has 21 heavy (non-hydrogen) atoms. The lowest BCUT2D eigenvalue weighted by Gasteiger charge is -2.34. The Morgan fingerprint density at radius 3 is 2.29 bits per heavy atom. The van der Waals surface area contributed by atoms with Gasteiger partial charge >= 0.3 is 0 Å². The second kappa shape index (κ2) is 6.32. The van der Waals surface area contributed by atoms with Gasteiger partial charge in [-0.2, -0.15) is 4.31 Å². The van der Waals surface area contributed by atoms with E-state index in [2.05, 4.69) is 13.8 Å². The Morgan fingerprint density at radius 2 is 1.76 bits per heavy atom. The van der Waals surface area contributed by atoms with Gasteiger partial charge in [-0.1, -0.05) is 37.0 Å². The molecular formula is C14H19Cl2NO3S. The third-order valence-electron chi connectivity index (χ3n) is 3.67. The average Bonchev–Trinajstić information content (AvgIpc) is 2.40. The van der Waals surface area contributed by atoms with Gasteiger partial charge in [0.2, 0.25) is 10.0 Å². The molecule has 0 spiro atoms. The lowest BCUT2D eigenvalue weighted by atomic mass is 9.94. The largest absolute Gasteiger partial charge is 0.494 e. The van der Waals surface area contributed by atoms with Crippen molar-refractivity contribution in [3.05, 3.63) is 22.2 Å². The van der Waals surface area contributed by atoms with Gasteiger partial charge in [-0.05, 0) is 30.4 Å². The molecule has 0 aliphatic carbocycles. The summed E-state index contributed by atoms with van der Waals surface area (Å²) in [4.78, 5) is 0.0701. The smallest absolute Gasteiger partial charge is 0.246 e. The molecule has 1 aliphatic heterocycles. The molecule has 2 rings (SSSR count). The van der Waals surface area contributed by atoms with Crippen LogP contribution in [0.25, 0.3) is 0 Å². The molecule has 0 N–H and O–H groups in total. The summed E-state index contributed by atoms with van der Waals surface area (Å²) in [5, 5.41) is 0.395. The highest BCUT2D eigenvalue weighted by atomic mass is 35.5. The number of methoxy groups -OCH3 is 1. The summed E-state index contributed by atoms with van der Waals surface area (Å²) < 4.78 is 32.4. The molecule has 118 valence electrons. The average molecular weight is 352 g/mol. The van der Waals surface area contributed by atoms with E-state index in [0.29, 0.717) is 24.9 Å². The highest BCUT2D eigenvalue weighted by Gasteiger charge is 2.34. The van der Waals surface area contributed by atoms with Crippen LogP contribution in [0.4, 0.5) is 0 Å². The van der Waals surface area contributed by atoms with Crippen molar-refractivity contribution in [1.82, 2.24) is 4.31 Å². The van der Waals surface area contributed by atoms with Crippen molar-refractivity contribution in [1.29, 1.82) is 0 Å². The van der Waals surface area contributed by atoms with Crippen LogP contribution in [-0.4, -0.2) is 32.9 Å². The van der Waals surface area contributed by atoms with E-state index in [1.807, 2.05) is 0 Å². The molecule has 1 fully saturated rings. The van der Waals surface area contributed by atoms with Gasteiger partial charge in [0.25, 0.3) is 0 Å². The Labute approximate surface area is 136 Å². The van der Waals surface area contributed by atoms with E-state index in [9.17, 15) is 8.42 Å². The van der Waals surface area contributed by atoms with Crippen LogP contribution in [0.15, 0.2) is 17.0 Å². The zero-order valence-electron chi connectivity index (χ0n) is 12.3. The molecule has 7 heteroatoms. The summed E-state index contributed by atoms with van der Waals surface area (Å²) in [6.07, 6.45) is 1.03. The molecular weight excluding hydrogens is 333 g/mol. The molecule has 0 saturated carbocycles. The van der Waals surface area contributed by atoms with Crippen LogP contribution in [0.1, 0.15) is 20.3 Å². The lowest BCUT2D eigenvalue weighted by molar-refractivity contribution is 0.222. The Hall–Kier alpha value is -0.490. The van der Waals surface area contributed by atoms with Crippen LogP contribution in [0.5, 0.6) is 5.75 Å². The van der Waals surface area contributed by atoms with Crippen molar-refractivity contribution in [3.63, 3.8) is 0 Å². The van der Waals surface area contributed by atoms with E-state index in [1.165, 1.54) is 23.5 Å². The van der Waals surface area contributed by atoms with Gasteiger partial charge in [0, 0.05) is 13.1 Å². The second-order valence-electron chi connectivity index (χ2n) is 5.66. The number of sulfonamides is 1. The van der Waals surface area contributed by atoms with E-state index in [1.54, 1.807) is 0 Å². The topological polar surface area (TPSA) is 46.6 Å². The van der Waals surface area contributed by atoms with E-state index in [0.717, 1.165) is 6.42 Å². The Bertz CT molecular complexity index is 623. The van der Waals surface area contributed by atoms with Gasteiger partial charge < -0.3 is 4.74 Å². The predicted octanol–water partition coefficient (Wildman–Crippen LogP) is 3.67. The zero-order chi connectivity index (χ0) is 15.8. The van der Waals surface area contributed by atoms with Crippen molar-refractivity contribution in [2.24, 2.45) is 11.8 Å². The maximum atomic E-state index is 12.9. The van der Waals surface area contributed by atoms with Crippen molar-refractivity contribution < 1.29 is 13.2 Å². The highest BCUT2D eigenvalue weighted by molar-refractivity contribution is 7.89. The van der Waals surface area contributed by atoms with Gasteiger partial charge in [-0.15, -0.1) is 0 Å². The summed E-state index contributed by atoms with van der Waals surface area (Å²) in [5.41, 5.74) is 0. The van der Waals surface area contributed by atoms with Gasteiger partial charge in [0.15, 0.2) is 5.75 Å². The molecule has 0 amide bonds. The number of nitrogens with zero attached hydrogens (tertiary/aromatic N) is 1. The Balaban J connectivity index is 2.47. The van der Waals surface area contributed by atoms with E-state index in [-0.39, 0.29) is 20.7 Å². The molecule has 0 radical (unpaired) electrons. The maximum absolute atomic E-state index is 12.9. The third-order valence-corrected chi connectivity index (χ3v) is 6.31. The minimum absolute atomic E-state index is 0.0701. The van der Waals surface area contributed by atoms with Crippen LogP contribution in [-0.2, 0) is 10.0 Å². The Kier molecular flexibility index (Phi) is 5.08. The molecule has 0 bridgehead atoms. The predicted molar refractivity (Wildman–Crippen MR) is 84.7 cm³/mol. The fourth-order valence-corrected chi connectivity index (χ4v) is 5.13. The zero-order valence-corrected chi connectivity index (χ0v) is 14.6. The molecule has 1 aromatic rings. The minimum atomic E-state index is -3.64. The molecule has 1 saturated heterocycles. The quantitative estimate of drug-likeness (QED) is 0.834. The molecule has 0 unspecified atom stereocenters. The molecule has 0 aromatic heterocycles. The SMILES string of the molecule is COc1c(S(=O)(=O)N2C[C@H](C)C[C@@H](C)C2)ccc(Cl)c1Cl. The molecule has 1 aliphatic rings. The van der Waals surface area contributed by atoms with Gasteiger partial charge in [0.05, 0.1) is 12.1 Å². The summed E-state index contributed by atoms with van der Waals surface area (Å²) in [6.45, 7) is 5.14. The van der Waals surface area contributed by atoms with Gasteiger partial charge in [-0.25, -0.2) is 8.42 Å². The van der Waals surface area contributed by atoms with Gasteiger partial charge in [-0.3, -0.25) is 0 Å². The van der Waals surface area contributed by atoms with Crippen molar-refractivity contribution in [3.8, 4) is 5.75 Å². The van der Waals surface area contributed by atoms with Gasteiger partial charge in [0.1, 0.15) is 9.92 Å². The van der Waals surface area contributed by atoms with Crippen LogP contribution < -0.4 is 4.74 Å². The summed E-state index contributed by atoms with van der Waals surface area (Å²) >= 11 is 12.0. The Morgan fingerprint density at radius 1 is 1.19 bits per heavy atom. The van der Waals surface area contributed by atoms with Crippen LogP contribution in [0.2, 0.25) is 10.0 Å². The fourth-order valence-electron chi connectivity index (χ4n) is 2.85. The third kappa shape index (κ3) is 3.31. The normalized spacial score (nSPS) is 24.0. The summed E-state index contributed by atoms with van der Waals surface area (Å²) in [7, 11) is -2.26. The van der Waals surface area contributed by atoms with E-state index in [4.69, 9.17) is 27.9 Å². The number of rotatable bonds is 3. The van der Waals surface area contributed by atoms with Crippen LogP contribution in [0, 0.1) is 11.8 Å². The standard InChI is InChI=1S/C14H19Cl2NO3S/c1-9-6-10(2)8-17(7-9)21(18,19)12-5-4-11(15)13(16)14(12)20-3/h4-5,9-10H,6-8H2,1-3H3/t9-,10-/m1/s1. The maximum Gasteiger partial charge on any atom is 0.246 e. The second-order valence-corrected chi connectivity index (χ2v) is 8.35. The first-order valence-electron chi connectivity index (χ1n) is 6.79. The van der Waals surface area contributed by atoms with Crippen molar-refractivity contribution >= 4 is 33.2 Å². The van der Waals surface area contributed by atoms with Crippen molar-refractivity contribution in [2.45, 2.75) is 25.2 Å². The first-order valence-corrected chi connectivity index (χ1v) is 8.99. The molecule has 1 aromatic carbocycles. The lowest BCUT2D eigenvalue weighted by Crippen LogP contribution is -2.42. The molecule has 1 heterocycles. The highest BCUT2D eigenvalue weighted by Crippen LogP contribution is 2.39. The number of hydrogen-bond acceptors (Lipinski definition) is 3. The summed E-state index contributed by atoms with van der Waals surface area (Å²) in [6, 6.07) is 2.93. The van der Waals surface area contributed by atoms with E-state index >= 15 is 0 Å². The minimum Gasteiger partial charge on any atom is -0.494 e. The first kappa shape index (κ1) is 16.9. The van der Waals surface area contributed by atoms with Crippen LogP contribution in [0.3, 0.4) is 0 Å². The number of halogens is 2.